The molecule has 1 heterocycles. The van der Waals surface area contributed by atoms with Gasteiger partial charge < -0.3 is 10.6 Å². The van der Waals surface area contributed by atoms with Crippen molar-refractivity contribution < 1.29 is 4.92 Å². The van der Waals surface area contributed by atoms with Crippen LogP contribution in [0.15, 0.2) is 12.3 Å². The number of pyridine rings is 1. The highest BCUT2D eigenvalue weighted by Gasteiger charge is 2.30. The SMILES string of the molecule is CCCN(c1nccc(C)c1[N+](=O)[O-])C1CCC(N)CC1. The highest BCUT2D eigenvalue weighted by Crippen LogP contribution is 2.33. The number of rotatable bonds is 5. The second-order valence-corrected chi connectivity index (χ2v) is 5.82. The molecule has 0 spiro atoms. The van der Waals surface area contributed by atoms with Gasteiger partial charge in [0.15, 0.2) is 0 Å². The molecule has 0 saturated heterocycles. The van der Waals surface area contributed by atoms with Gasteiger partial charge >= 0.3 is 5.69 Å². The van der Waals surface area contributed by atoms with Crippen molar-refractivity contribution in [3.05, 3.63) is 27.9 Å². The van der Waals surface area contributed by atoms with Gasteiger partial charge in [-0.05, 0) is 45.1 Å². The van der Waals surface area contributed by atoms with E-state index in [1.165, 1.54) is 0 Å². The Kier molecular flexibility index (Phi) is 5.12. The first-order chi connectivity index (χ1) is 10.0. The van der Waals surface area contributed by atoms with E-state index in [1.807, 2.05) is 0 Å². The van der Waals surface area contributed by atoms with E-state index in [1.54, 1.807) is 19.2 Å². The fraction of sp³-hybridized carbons (Fsp3) is 0.667. The maximum absolute atomic E-state index is 11.4. The van der Waals surface area contributed by atoms with E-state index in [0.29, 0.717) is 17.4 Å². The quantitative estimate of drug-likeness (QED) is 0.666. The largest absolute Gasteiger partial charge is 0.348 e. The number of nitro groups is 1. The second-order valence-electron chi connectivity index (χ2n) is 5.82. The molecule has 1 aliphatic rings. The Morgan fingerprint density at radius 2 is 2.10 bits per heavy atom. The summed E-state index contributed by atoms with van der Waals surface area (Å²) in [6.07, 6.45) is 6.51. The smallest absolute Gasteiger partial charge is 0.314 e. The highest BCUT2D eigenvalue weighted by molar-refractivity contribution is 5.62. The molecule has 1 aliphatic carbocycles. The predicted molar refractivity (Wildman–Crippen MR) is 83.5 cm³/mol. The molecule has 1 fully saturated rings. The first-order valence-electron chi connectivity index (χ1n) is 7.66. The van der Waals surface area contributed by atoms with E-state index < -0.39 is 0 Å². The molecule has 0 bridgehead atoms. The zero-order valence-corrected chi connectivity index (χ0v) is 12.8. The zero-order valence-electron chi connectivity index (χ0n) is 12.8. The monoisotopic (exact) mass is 292 g/mol. The Morgan fingerprint density at radius 3 is 2.67 bits per heavy atom. The van der Waals surface area contributed by atoms with Gasteiger partial charge in [-0.3, -0.25) is 10.1 Å². The van der Waals surface area contributed by atoms with Crippen molar-refractivity contribution in [2.24, 2.45) is 5.73 Å². The van der Waals surface area contributed by atoms with Gasteiger partial charge in [-0.25, -0.2) is 4.98 Å². The van der Waals surface area contributed by atoms with Gasteiger partial charge in [0.05, 0.1) is 4.92 Å². The summed E-state index contributed by atoms with van der Waals surface area (Å²) in [7, 11) is 0. The summed E-state index contributed by atoms with van der Waals surface area (Å²) >= 11 is 0. The van der Waals surface area contributed by atoms with Crippen LogP contribution >= 0.6 is 0 Å². The minimum Gasteiger partial charge on any atom is -0.348 e. The first-order valence-corrected chi connectivity index (χ1v) is 7.66. The van der Waals surface area contributed by atoms with Crippen LogP contribution in [-0.4, -0.2) is 28.5 Å². The minimum atomic E-state index is -0.311. The maximum atomic E-state index is 11.4. The summed E-state index contributed by atoms with van der Waals surface area (Å²) in [4.78, 5) is 17.5. The van der Waals surface area contributed by atoms with Crippen LogP contribution in [0.4, 0.5) is 11.5 Å². The number of nitrogens with zero attached hydrogens (tertiary/aromatic N) is 3. The van der Waals surface area contributed by atoms with Crippen LogP contribution in [0.2, 0.25) is 0 Å². The van der Waals surface area contributed by atoms with Crippen LogP contribution in [0, 0.1) is 17.0 Å². The Balaban J connectivity index is 2.34. The molecular formula is C15H24N4O2. The molecule has 6 heteroatoms. The predicted octanol–water partition coefficient (Wildman–Crippen LogP) is 2.78. The third-order valence-corrected chi connectivity index (χ3v) is 4.21. The lowest BCUT2D eigenvalue weighted by molar-refractivity contribution is -0.384. The molecule has 1 saturated carbocycles. The van der Waals surface area contributed by atoms with Crippen LogP contribution in [0.25, 0.3) is 0 Å². The zero-order chi connectivity index (χ0) is 15.4. The number of aromatic nitrogens is 1. The van der Waals surface area contributed by atoms with E-state index in [2.05, 4.69) is 16.8 Å². The lowest BCUT2D eigenvalue weighted by atomic mass is 9.90. The van der Waals surface area contributed by atoms with E-state index in [4.69, 9.17) is 5.73 Å². The third kappa shape index (κ3) is 3.50. The highest BCUT2D eigenvalue weighted by atomic mass is 16.6. The number of hydrogen-bond donors (Lipinski definition) is 1. The summed E-state index contributed by atoms with van der Waals surface area (Å²) in [6, 6.07) is 2.27. The molecule has 0 amide bonds. The van der Waals surface area contributed by atoms with Crippen molar-refractivity contribution in [3.8, 4) is 0 Å². The molecule has 2 N–H and O–H groups in total. The molecule has 0 unspecified atom stereocenters. The fourth-order valence-electron chi connectivity index (χ4n) is 3.09. The normalized spacial score (nSPS) is 22.0. The molecule has 2 rings (SSSR count). The molecular weight excluding hydrogens is 268 g/mol. The van der Waals surface area contributed by atoms with E-state index in [-0.39, 0.29) is 16.7 Å². The number of hydrogen-bond acceptors (Lipinski definition) is 5. The Hall–Kier alpha value is -1.69. The average Bonchev–Trinajstić information content (AvgIpc) is 2.45. The fourth-order valence-corrected chi connectivity index (χ4v) is 3.09. The minimum absolute atomic E-state index is 0.140. The van der Waals surface area contributed by atoms with E-state index in [9.17, 15) is 10.1 Å². The number of anilines is 1. The van der Waals surface area contributed by atoms with Gasteiger partial charge in [0.2, 0.25) is 5.82 Å². The lowest BCUT2D eigenvalue weighted by Gasteiger charge is -2.36. The van der Waals surface area contributed by atoms with Crippen LogP contribution in [-0.2, 0) is 0 Å². The third-order valence-electron chi connectivity index (χ3n) is 4.21. The van der Waals surface area contributed by atoms with Crippen molar-refractivity contribution in [2.45, 2.75) is 58.0 Å². The molecule has 21 heavy (non-hydrogen) atoms. The van der Waals surface area contributed by atoms with Crippen LogP contribution < -0.4 is 10.6 Å². The summed E-state index contributed by atoms with van der Waals surface area (Å²) in [5.74, 6) is 0.516. The second kappa shape index (κ2) is 6.85. The van der Waals surface area contributed by atoms with Crippen molar-refractivity contribution in [2.75, 3.05) is 11.4 Å². The van der Waals surface area contributed by atoms with Crippen LogP contribution in [0.5, 0.6) is 0 Å². The molecule has 0 atom stereocenters. The Bertz CT molecular complexity index is 498. The molecule has 116 valence electrons. The van der Waals surface area contributed by atoms with Crippen molar-refractivity contribution in [1.29, 1.82) is 0 Å². The van der Waals surface area contributed by atoms with Crippen LogP contribution in [0.1, 0.15) is 44.6 Å². The lowest BCUT2D eigenvalue weighted by Crippen LogP contribution is -2.42. The summed E-state index contributed by atoms with van der Waals surface area (Å²) in [5, 5.41) is 11.4. The topological polar surface area (TPSA) is 85.3 Å². The van der Waals surface area contributed by atoms with Gasteiger partial charge in [0, 0.05) is 30.4 Å². The maximum Gasteiger partial charge on any atom is 0.314 e. The summed E-state index contributed by atoms with van der Waals surface area (Å²) < 4.78 is 0. The molecule has 6 nitrogen and oxygen atoms in total. The molecule has 0 aliphatic heterocycles. The van der Waals surface area contributed by atoms with Crippen molar-refractivity contribution in [1.82, 2.24) is 4.98 Å². The van der Waals surface area contributed by atoms with Gasteiger partial charge in [-0.2, -0.15) is 0 Å². The van der Waals surface area contributed by atoms with Gasteiger partial charge in [-0.15, -0.1) is 0 Å². The van der Waals surface area contributed by atoms with Gasteiger partial charge in [0.1, 0.15) is 0 Å². The first kappa shape index (κ1) is 15.7. The summed E-state index contributed by atoms with van der Waals surface area (Å²) in [6.45, 7) is 4.64. The average molecular weight is 292 g/mol. The molecule has 0 aromatic carbocycles. The standard InChI is InChI=1S/C15H24N4O2/c1-3-10-18(13-6-4-12(16)5-7-13)15-14(19(20)21)11(2)8-9-17-15/h8-9,12-13H,3-7,10,16H2,1-2H3. The Morgan fingerprint density at radius 1 is 1.43 bits per heavy atom. The number of aryl methyl sites for hydroxylation is 1. The van der Waals surface area contributed by atoms with Crippen LogP contribution in [0.3, 0.4) is 0 Å². The molecule has 1 aromatic heterocycles. The Labute approximate surface area is 125 Å². The van der Waals surface area contributed by atoms with E-state index in [0.717, 1.165) is 38.6 Å². The molecule has 0 radical (unpaired) electrons. The van der Waals surface area contributed by atoms with Gasteiger partial charge in [0.25, 0.3) is 0 Å². The number of nitrogens with two attached hydrogens (primary N) is 1. The molecule has 1 aromatic rings. The van der Waals surface area contributed by atoms with Gasteiger partial charge in [-0.1, -0.05) is 6.92 Å². The van der Waals surface area contributed by atoms with Crippen molar-refractivity contribution >= 4 is 11.5 Å². The van der Waals surface area contributed by atoms with Crippen molar-refractivity contribution in [3.63, 3.8) is 0 Å². The summed E-state index contributed by atoms with van der Waals surface area (Å²) in [5.41, 5.74) is 6.77. The van der Waals surface area contributed by atoms with E-state index >= 15 is 0 Å².